The Bertz CT molecular complexity index is 583. The highest BCUT2D eigenvalue weighted by Crippen LogP contribution is 2.08. The van der Waals surface area contributed by atoms with Crippen LogP contribution in [0.1, 0.15) is 11.3 Å². The van der Waals surface area contributed by atoms with E-state index in [9.17, 15) is 14.7 Å². The van der Waals surface area contributed by atoms with Gasteiger partial charge in [-0.3, -0.25) is 0 Å². The number of nitrogens with one attached hydrogen (secondary N) is 2. The number of aromatic amines is 1. The molecule has 0 spiro atoms. The number of urea groups is 1. The highest BCUT2D eigenvalue weighted by atomic mass is 32.1. The van der Waals surface area contributed by atoms with Crippen molar-refractivity contribution in [1.82, 2.24) is 20.2 Å². The third kappa shape index (κ3) is 4.32. The first-order chi connectivity index (χ1) is 10.1. The molecule has 2 aromatic heterocycles. The third-order valence-corrected chi connectivity index (χ3v) is 3.65. The molecule has 0 bridgehead atoms. The number of aliphatic carboxylic acids is 1. The van der Waals surface area contributed by atoms with Crippen LogP contribution in [0.25, 0.3) is 0 Å². The number of carbonyl (C=O) groups excluding carboxylic acids is 1. The van der Waals surface area contributed by atoms with Crippen LogP contribution in [0, 0.1) is 0 Å². The predicted octanol–water partition coefficient (Wildman–Crippen LogP) is 1.31. The number of carboxylic acids is 1. The standard InChI is InChI=1S/C13H16N4O3S/c1-17(6-9-2-3-21-7-9)13(20)16-11(12(18)19)4-10-5-14-8-15-10/h2-3,5,7-8,11H,4,6H2,1H3,(H,14,15)(H,16,20)(H,18,19)/t11-/m0/s1. The topological polar surface area (TPSA) is 98.3 Å². The molecule has 0 aliphatic rings. The molecule has 2 aromatic rings. The number of carbonyl (C=O) groups is 2. The van der Waals surface area contributed by atoms with Gasteiger partial charge < -0.3 is 20.3 Å². The van der Waals surface area contributed by atoms with Crippen LogP contribution < -0.4 is 5.32 Å². The van der Waals surface area contributed by atoms with Gasteiger partial charge in [0.2, 0.25) is 0 Å². The second kappa shape index (κ2) is 6.89. The van der Waals surface area contributed by atoms with Crippen LogP contribution in [0.15, 0.2) is 29.4 Å². The Morgan fingerprint density at radius 3 is 2.95 bits per heavy atom. The predicted molar refractivity (Wildman–Crippen MR) is 78.0 cm³/mol. The SMILES string of the molecule is CN(Cc1ccsc1)C(=O)N[C@@H](Cc1cnc[nH]1)C(=O)O. The van der Waals surface area contributed by atoms with Gasteiger partial charge in [0.05, 0.1) is 6.33 Å². The summed E-state index contributed by atoms with van der Waals surface area (Å²) in [4.78, 5) is 31.4. The van der Waals surface area contributed by atoms with Crippen molar-refractivity contribution in [1.29, 1.82) is 0 Å². The lowest BCUT2D eigenvalue weighted by Gasteiger charge is -2.20. The van der Waals surface area contributed by atoms with E-state index in [1.165, 1.54) is 17.4 Å². The van der Waals surface area contributed by atoms with E-state index in [0.717, 1.165) is 5.56 Å². The molecular weight excluding hydrogens is 292 g/mol. The maximum absolute atomic E-state index is 12.0. The first-order valence-electron chi connectivity index (χ1n) is 6.29. The molecule has 2 rings (SSSR count). The van der Waals surface area contributed by atoms with Gasteiger partial charge in [-0.15, -0.1) is 0 Å². The van der Waals surface area contributed by atoms with Crippen molar-refractivity contribution in [3.05, 3.63) is 40.6 Å². The van der Waals surface area contributed by atoms with Crippen molar-refractivity contribution in [2.24, 2.45) is 0 Å². The minimum Gasteiger partial charge on any atom is -0.480 e. The van der Waals surface area contributed by atoms with E-state index in [1.54, 1.807) is 18.4 Å². The molecule has 3 N–H and O–H groups in total. The number of thiophene rings is 1. The number of H-pyrrole nitrogens is 1. The fourth-order valence-electron chi connectivity index (χ4n) is 1.80. The lowest BCUT2D eigenvalue weighted by Crippen LogP contribution is -2.47. The van der Waals surface area contributed by atoms with E-state index in [4.69, 9.17) is 0 Å². The van der Waals surface area contributed by atoms with Crippen molar-refractivity contribution in [3.63, 3.8) is 0 Å². The summed E-state index contributed by atoms with van der Waals surface area (Å²) in [7, 11) is 1.63. The normalized spacial score (nSPS) is 11.9. The number of nitrogens with zero attached hydrogens (tertiary/aromatic N) is 2. The van der Waals surface area contributed by atoms with Crippen LogP contribution >= 0.6 is 11.3 Å². The quantitative estimate of drug-likeness (QED) is 0.749. The number of hydrogen-bond acceptors (Lipinski definition) is 4. The fraction of sp³-hybridized carbons (Fsp3) is 0.308. The van der Waals surface area contributed by atoms with Crippen LogP contribution in [0.4, 0.5) is 4.79 Å². The number of rotatable bonds is 6. The molecule has 112 valence electrons. The molecule has 2 amide bonds. The largest absolute Gasteiger partial charge is 0.480 e. The van der Waals surface area contributed by atoms with Gasteiger partial charge in [-0.2, -0.15) is 11.3 Å². The minimum absolute atomic E-state index is 0.160. The molecule has 0 saturated heterocycles. The van der Waals surface area contributed by atoms with Gasteiger partial charge in [0.15, 0.2) is 0 Å². The zero-order valence-electron chi connectivity index (χ0n) is 11.4. The van der Waals surface area contributed by atoms with Gasteiger partial charge in [-0.1, -0.05) is 0 Å². The van der Waals surface area contributed by atoms with E-state index in [0.29, 0.717) is 12.2 Å². The summed E-state index contributed by atoms with van der Waals surface area (Å²) in [6, 6.07) is 0.504. The molecule has 8 heteroatoms. The summed E-state index contributed by atoms with van der Waals surface area (Å²) in [6.07, 6.45) is 3.17. The zero-order valence-corrected chi connectivity index (χ0v) is 12.3. The van der Waals surface area contributed by atoms with Crippen LogP contribution in [0.2, 0.25) is 0 Å². The second-order valence-electron chi connectivity index (χ2n) is 4.61. The zero-order chi connectivity index (χ0) is 15.2. The van der Waals surface area contributed by atoms with Crippen molar-refractivity contribution in [2.45, 2.75) is 19.0 Å². The maximum Gasteiger partial charge on any atom is 0.326 e. The number of imidazole rings is 1. The van der Waals surface area contributed by atoms with Crippen LogP contribution in [-0.4, -0.2) is 45.1 Å². The molecule has 2 heterocycles. The Hall–Kier alpha value is -2.35. The monoisotopic (exact) mass is 308 g/mol. The van der Waals surface area contributed by atoms with Crippen molar-refractivity contribution < 1.29 is 14.7 Å². The molecule has 21 heavy (non-hydrogen) atoms. The molecule has 0 saturated carbocycles. The number of aromatic nitrogens is 2. The molecule has 0 aromatic carbocycles. The number of carboxylic acid groups (broad SMARTS) is 1. The van der Waals surface area contributed by atoms with Crippen molar-refractivity contribution in [2.75, 3.05) is 7.05 Å². The summed E-state index contributed by atoms with van der Waals surface area (Å²) >= 11 is 1.55. The van der Waals surface area contributed by atoms with Crippen molar-refractivity contribution >= 4 is 23.3 Å². The van der Waals surface area contributed by atoms with Gasteiger partial charge >= 0.3 is 12.0 Å². The Balaban J connectivity index is 1.92. The Morgan fingerprint density at radius 1 is 1.57 bits per heavy atom. The minimum atomic E-state index is -1.08. The summed E-state index contributed by atoms with van der Waals surface area (Å²) in [5.41, 5.74) is 1.67. The number of amides is 2. The maximum atomic E-state index is 12.0. The van der Waals surface area contributed by atoms with Crippen LogP contribution in [0.3, 0.4) is 0 Å². The van der Waals surface area contributed by atoms with Gasteiger partial charge in [0.1, 0.15) is 6.04 Å². The first-order valence-corrected chi connectivity index (χ1v) is 7.23. The van der Waals surface area contributed by atoms with Gasteiger partial charge in [-0.25, -0.2) is 14.6 Å². The lowest BCUT2D eigenvalue weighted by molar-refractivity contribution is -0.139. The van der Waals surface area contributed by atoms with Crippen molar-refractivity contribution in [3.8, 4) is 0 Å². The summed E-state index contributed by atoms with van der Waals surface area (Å²) in [5.74, 6) is -1.08. The Kier molecular flexibility index (Phi) is 4.94. The highest BCUT2D eigenvalue weighted by molar-refractivity contribution is 7.07. The lowest BCUT2D eigenvalue weighted by atomic mass is 10.1. The molecule has 0 fully saturated rings. The van der Waals surface area contributed by atoms with E-state index < -0.39 is 18.0 Å². The Labute approximate surface area is 125 Å². The summed E-state index contributed by atoms with van der Waals surface area (Å²) in [6.45, 7) is 0.436. The second-order valence-corrected chi connectivity index (χ2v) is 5.39. The summed E-state index contributed by atoms with van der Waals surface area (Å²) < 4.78 is 0. The fourth-order valence-corrected chi connectivity index (χ4v) is 2.46. The highest BCUT2D eigenvalue weighted by Gasteiger charge is 2.22. The van der Waals surface area contributed by atoms with E-state index in [1.807, 2.05) is 16.8 Å². The van der Waals surface area contributed by atoms with E-state index >= 15 is 0 Å². The molecule has 7 nitrogen and oxygen atoms in total. The number of hydrogen-bond donors (Lipinski definition) is 3. The van der Waals surface area contributed by atoms with Gasteiger partial charge in [0.25, 0.3) is 0 Å². The molecule has 0 unspecified atom stereocenters. The van der Waals surface area contributed by atoms with Crippen LogP contribution in [0.5, 0.6) is 0 Å². The van der Waals surface area contributed by atoms with E-state index in [2.05, 4.69) is 15.3 Å². The average molecular weight is 308 g/mol. The first kappa shape index (κ1) is 15.0. The third-order valence-electron chi connectivity index (χ3n) is 2.92. The smallest absolute Gasteiger partial charge is 0.326 e. The summed E-state index contributed by atoms with van der Waals surface area (Å²) in [5, 5.41) is 15.6. The van der Waals surface area contributed by atoms with Gasteiger partial charge in [-0.05, 0) is 22.4 Å². The molecule has 0 radical (unpaired) electrons. The average Bonchev–Trinajstić information content (AvgIpc) is 3.10. The van der Waals surface area contributed by atoms with Crippen LogP contribution in [-0.2, 0) is 17.8 Å². The molecular formula is C13H16N4O3S. The molecule has 0 aliphatic carbocycles. The molecule has 1 atom stereocenters. The van der Waals surface area contributed by atoms with E-state index in [-0.39, 0.29) is 6.42 Å². The van der Waals surface area contributed by atoms with Gasteiger partial charge in [0, 0.05) is 31.9 Å². The Morgan fingerprint density at radius 2 is 2.38 bits per heavy atom. The molecule has 0 aliphatic heterocycles.